The Kier molecular flexibility index (Phi) is 4.92. The fourth-order valence-corrected chi connectivity index (χ4v) is 3.71. The van der Waals surface area contributed by atoms with Crippen LogP contribution in [0.25, 0.3) is 5.69 Å². The Bertz CT molecular complexity index is 1170. The molecule has 30 heavy (non-hydrogen) atoms. The van der Waals surface area contributed by atoms with E-state index >= 15 is 0 Å². The third-order valence-corrected chi connectivity index (χ3v) is 5.07. The number of benzene rings is 2. The van der Waals surface area contributed by atoms with Crippen LogP contribution in [-0.2, 0) is 10.4 Å². The zero-order chi connectivity index (χ0) is 21.5. The number of aromatic nitrogens is 3. The van der Waals surface area contributed by atoms with Gasteiger partial charge in [-0.15, -0.1) is 0 Å². The highest BCUT2D eigenvalue weighted by Gasteiger charge is 2.62. The number of halogens is 5. The first kappa shape index (κ1) is 20.2. The van der Waals surface area contributed by atoms with Crippen molar-refractivity contribution in [1.29, 1.82) is 5.26 Å². The van der Waals surface area contributed by atoms with E-state index in [0.29, 0.717) is 11.3 Å². The topological polar surface area (TPSA) is 76.1 Å². The molecule has 1 atom stereocenters. The monoisotopic (exact) mass is 451 g/mol. The van der Waals surface area contributed by atoms with Gasteiger partial charge in [0.25, 0.3) is 5.60 Å². The van der Waals surface area contributed by atoms with Gasteiger partial charge in [0.15, 0.2) is 0 Å². The summed E-state index contributed by atoms with van der Waals surface area (Å²) in [6.07, 6.45) is -2.70. The molecule has 0 radical (unpaired) electrons. The van der Waals surface area contributed by atoms with Gasteiger partial charge in [-0.3, -0.25) is 0 Å². The Balaban J connectivity index is 1.74. The van der Waals surface area contributed by atoms with E-state index in [1.54, 1.807) is 6.07 Å². The summed E-state index contributed by atoms with van der Waals surface area (Å²) < 4.78 is 43.7. The summed E-state index contributed by atoms with van der Waals surface area (Å²) in [5, 5.41) is 17.2. The zero-order valence-electron chi connectivity index (χ0n) is 14.9. The van der Waals surface area contributed by atoms with Crippen molar-refractivity contribution in [2.75, 3.05) is 0 Å². The highest BCUT2D eigenvalue weighted by Crippen LogP contribution is 2.49. The highest BCUT2D eigenvalue weighted by atomic mass is 35.5. The van der Waals surface area contributed by atoms with Crippen LogP contribution in [0.15, 0.2) is 54.2 Å². The van der Waals surface area contributed by atoms with E-state index in [2.05, 4.69) is 15.2 Å². The highest BCUT2D eigenvalue weighted by molar-refractivity contribution is 6.34. The average Bonchev–Trinajstić information content (AvgIpc) is 3.37. The molecule has 0 spiro atoms. The van der Waals surface area contributed by atoms with Crippen LogP contribution in [0.1, 0.15) is 23.1 Å². The Morgan fingerprint density at radius 1 is 1.13 bits per heavy atom. The molecule has 0 amide bonds. The second-order valence-corrected chi connectivity index (χ2v) is 7.35. The van der Waals surface area contributed by atoms with E-state index in [1.165, 1.54) is 35.5 Å². The van der Waals surface area contributed by atoms with Gasteiger partial charge in [-0.25, -0.2) is 9.67 Å². The molecule has 0 aliphatic carbocycles. The van der Waals surface area contributed by atoms with E-state index in [1.807, 2.05) is 6.07 Å². The quantitative estimate of drug-likeness (QED) is 0.559. The number of nitriles is 1. The molecule has 2 aromatic carbocycles. The maximum Gasteiger partial charge on any atom is 0.435 e. The molecule has 11 heteroatoms. The summed E-state index contributed by atoms with van der Waals surface area (Å²) in [4.78, 5) is 8.80. The first-order valence-corrected chi connectivity index (χ1v) is 9.17. The molecule has 0 fully saturated rings. The van der Waals surface area contributed by atoms with Crippen molar-refractivity contribution >= 4 is 28.9 Å². The lowest BCUT2D eigenvalue weighted by atomic mass is 9.86. The summed E-state index contributed by atoms with van der Waals surface area (Å²) >= 11 is 11.8. The van der Waals surface area contributed by atoms with E-state index < -0.39 is 18.2 Å². The van der Waals surface area contributed by atoms with Gasteiger partial charge in [0.2, 0.25) is 0 Å². The van der Waals surface area contributed by atoms with Crippen LogP contribution in [-0.4, -0.2) is 26.7 Å². The maximum absolute atomic E-state index is 14.1. The molecule has 1 aliphatic heterocycles. The van der Waals surface area contributed by atoms with Crippen LogP contribution < -0.4 is 0 Å². The summed E-state index contributed by atoms with van der Waals surface area (Å²) in [6.45, 7) is 0. The predicted molar refractivity (Wildman–Crippen MR) is 103 cm³/mol. The van der Waals surface area contributed by atoms with Gasteiger partial charge in [-0.1, -0.05) is 34.4 Å². The molecule has 0 bridgehead atoms. The number of rotatable bonds is 3. The van der Waals surface area contributed by atoms with E-state index in [9.17, 15) is 18.4 Å². The van der Waals surface area contributed by atoms with Crippen molar-refractivity contribution in [1.82, 2.24) is 14.8 Å². The van der Waals surface area contributed by atoms with Gasteiger partial charge in [-0.05, 0) is 30.3 Å². The minimum Gasteiger partial charge on any atom is -0.374 e. The Hall–Kier alpha value is -3.09. The van der Waals surface area contributed by atoms with Crippen molar-refractivity contribution in [3.8, 4) is 11.8 Å². The van der Waals surface area contributed by atoms with Crippen LogP contribution in [0, 0.1) is 11.3 Å². The number of hydrogen-bond donors (Lipinski definition) is 0. The third kappa shape index (κ3) is 3.38. The van der Waals surface area contributed by atoms with Gasteiger partial charge >= 0.3 is 6.18 Å². The normalized spacial score (nSPS) is 18.6. The minimum absolute atomic E-state index is 0.0325. The summed E-state index contributed by atoms with van der Waals surface area (Å²) in [6, 6.07) is 10.1. The summed E-state index contributed by atoms with van der Waals surface area (Å²) in [7, 11) is 0. The Morgan fingerprint density at radius 2 is 1.87 bits per heavy atom. The first-order chi connectivity index (χ1) is 14.2. The standard InChI is InChI=1S/C19H10Cl2F3N5O/c20-14-4-13(5-15(21)6-14)18(19(22,23)24)7-16(28-30-18)11-1-2-17(12(3-11)8-25)29-10-26-9-27-29/h1-6,9-10H,7H2/t18-/m0/s1. The number of nitrogens with zero attached hydrogens (tertiary/aromatic N) is 5. The molecular weight excluding hydrogens is 442 g/mol. The second kappa shape index (κ2) is 7.31. The van der Waals surface area contributed by atoms with E-state index in [0.717, 1.165) is 12.1 Å². The molecule has 2 heterocycles. The average molecular weight is 452 g/mol. The van der Waals surface area contributed by atoms with Crippen LogP contribution in [0.2, 0.25) is 10.0 Å². The summed E-state index contributed by atoms with van der Waals surface area (Å²) in [5.74, 6) is 0. The molecule has 4 rings (SSSR count). The number of alkyl halides is 3. The van der Waals surface area contributed by atoms with E-state index in [4.69, 9.17) is 28.0 Å². The van der Waals surface area contributed by atoms with Gasteiger partial charge in [0, 0.05) is 27.6 Å². The molecule has 0 saturated heterocycles. The lowest BCUT2D eigenvalue weighted by molar-refractivity contribution is -0.275. The Labute approximate surface area is 178 Å². The number of oxime groups is 1. The van der Waals surface area contributed by atoms with Gasteiger partial charge in [0.05, 0.1) is 17.0 Å². The second-order valence-electron chi connectivity index (χ2n) is 6.47. The van der Waals surface area contributed by atoms with Gasteiger partial charge in [-0.2, -0.15) is 23.5 Å². The summed E-state index contributed by atoms with van der Waals surface area (Å²) in [5.41, 5.74) is -2.03. The molecule has 0 saturated carbocycles. The van der Waals surface area contributed by atoms with Crippen molar-refractivity contribution in [2.45, 2.75) is 18.2 Å². The maximum atomic E-state index is 14.1. The number of hydrogen-bond acceptors (Lipinski definition) is 5. The fourth-order valence-electron chi connectivity index (χ4n) is 3.18. The zero-order valence-corrected chi connectivity index (χ0v) is 16.4. The molecule has 6 nitrogen and oxygen atoms in total. The van der Waals surface area contributed by atoms with Gasteiger partial charge in [0.1, 0.15) is 18.7 Å². The van der Waals surface area contributed by atoms with Crippen molar-refractivity contribution in [3.05, 3.63) is 75.8 Å². The minimum atomic E-state index is -4.80. The Morgan fingerprint density at radius 3 is 2.47 bits per heavy atom. The SMILES string of the molecule is N#Cc1cc(C2=NO[C@@](c3cc(Cl)cc(Cl)c3)(C(F)(F)F)C2)ccc1-n1cncn1. The smallest absolute Gasteiger partial charge is 0.374 e. The lowest BCUT2D eigenvalue weighted by Gasteiger charge is -2.29. The van der Waals surface area contributed by atoms with Crippen LogP contribution in [0.3, 0.4) is 0 Å². The molecular formula is C19H10Cl2F3N5O. The molecule has 1 aromatic heterocycles. The molecule has 1 aliphatic rings. The molecule has 0 unspecified atom stereocenters. The van der Waals surface area contributed by atoms with Crippen molar-refractivity contribution in [2.24, 2.45) is 5.16 Å². The largest absolute Gasteiger partial charge is 0.435 e. The van der Waals surface area contributed by atoms with Gasteiger partial charge < -0.3 is 4.84 Å². The third-order valence-electron chi connectivity index (χ3n) is 4.63. The molecule has 0 N–H and O–H groups in total. The lowest BCUT2D eigenvalue weighted by Crippen LogP contribution is -2.42. The fraction of sp³-hybridized carbons (Fsp3) is 0.158. The van der Waals surface area contributed by atoms with Crippen molar-refractivity contribution < 1.29 is 18.0 Å². The molecule has 3 aromatic rings. The van der Waals surface area contributed by atoms with Crippen LogP contribution >= 0.6 is 23.2 Å². The first-order valence-electron chi connectivity index (χ1n) is 8.41. The van der Waals surface area contributed by atoms with E-state index in [-0.39, 0.29) is 26.9 Å². The molecule has 152 valence electrons. The predicted octanol–water partition coefficient (Wildman–Crippen LogP) is 5.03. The van der Waals surface area contributed by atoms with Crippen molar-refractivity contribution in [3.63, 3.8) is 0 Å². The van der Waals surface area contributed by atoms with Crippen LogP contribution in [0.4, 0.5) is 13.2 Å². The van der Waals surface area contributed by atoms with Crippen LogP contribution in [0.5, 0.6) is 0 Å².